The number of fused-ring (bicyclic) bond motifs is 1. The average Bonchev–Trinajstić information content (AvgIpc) is 2.76. The van der Waals surface area contributed by atoms with Crippen LogP contribution in [-0.4, -0.2) is 36.0 Å². The van der Waals surface area contributed by atoms with Gasteiger partial charge < -0.3 is 0 Å². The highest BCUT2D eigenvalue weighted by molar-refractivity contribution is 7.86. The first-order valence-electron chi connectivity index (χ1n) is 13.0. The molecule has 5 heteroatoms. The molecule has 0 aromatic heterocycles. The number of aryl methyl sites for hydroxylation is 1. The van der Waals surface area contributed by atoms with Gasteiger partial charge in [0.2, 0.25) is 0 Å². The van der Waals surface area contributed by atoms with E-state index >= 15 is 0 Å². The van der Waals surface area contributed by atoms with Crippen LogP contribution in [0.3, 0.4) is 0 Å². The maximum atomic E-state index is 12.5. The summed E-state index contributed by atoms with van der Waals surface area (Å²) in [5.74, 6) is 0. The number of rotatable bonds is 17. The Balaban J connectivity index is 0.00000544. The van der Waals surface area contributed by atoms with Crippen LogP contribution < -0.4 is 0 Å². The summed E-state index contributed by atoms with van der Waals surface area (Å²) in [5, 5.41) is 1.55. The molecular formula is C28H46MgO3S. The summed E-state index contributed by atoms with van der Waals surface area (Å²) in [4.78, 5) is 0.152. The van der Waals surface area contributed by atoms with Crippen LogP contribution in [0.2, 0.25) is 0 Å². The molecule has 0 atom stereocenters. The topological polar surface area (TPSA) is 54.4 Å². The Bertz CT molecular complexity index is 909. The van der Waals surface area contributed by atoms with Crippen molar-refractivity contribution in [2.75, 3.05) is 0 Å². The second kappa shape index (κ2) is 16.9. The molecule has 0 radical (unpaired) electrons. The second-order valence-corrected chi connectivity index (χ2v) is 10.6. The molecule has 0 bridgehead atoms. The van der Waals surface area contributed by atoms with Crippen molar-refractivity contribution in [3.63, 3.8) is 0 Å². The number of unbranched alkanes of at least 4 members (excludes halogenated alkanes) is 12. The molecule has 0 heterocycles. The van der Waals surface area contributed by atoms with E-state index in [1.165, 1.54) is 70.6 Å². The molecule has 184 valence electrons. The third-order valence-electron chi connectivity index (χ3n) is 6.53. The van der Waals surface area contributed by atoms with Crippen molar-refractivity contribution in [2.45, 2.75) is 121 Å². The Hall–Kier alpha value is -0.624. The molecule has 0 amide bonds. The van der Waals surface area contributed by atoms with Gasteiger partial charge in [0.1, 0.15) is 4.90 Å². The molecule has 2 rings (SSSR count). The van der Waals surface area contributed by atoms with Gasteiger partial charge >= 0.3 is 23.1 Å². The summed E-state index contributed by atoms with van der Waals surface area (Å²) in [7, 11) is -4.28. The van der Waals surface area contributed by atoms with Crippen LogP contribution in [0.15, 0.2) is 35.2 Å². The van der Waals surface area contributed by atoms with Crippen LogP contribution in [-0.2, 0) is 23.0 Å². The van der Waals surface area contributed by atoms with Crippen molar-refractivity contribution in [3.8, 4) is 0 Å². The Morgan fingerprint density at radius 1 is 0.697 bits per heavy atom. The van der Waals surface area contributed by atoms with E-state index in [4.69, 9.17) is 0 Å². The van der Waals surface area contributed by atoms with Gasteiger partial charge in [0, 0.05) is 5.39 Å². The van der Waals surface area contributed by atoms with E-state index in [2.05, 4.69) is 19.9 Å². The smallest absolute Gasteiger partial charge is 0.282 e. The monoisotopic (exact) mass is 486 g/mol. The fraction of sp³-hybridized carbons (Fsp3) is 0.643. The molecular weight excluding hydrogens is 441 g/mol. The van der Waals surface area contributed by atoms with Gasteiger partial charge in [-0.15, -0.1) is 0 Å². The van der Waals surface area contributed by atoms with E-state index < -0.39 is 10.1 Å². The minimum atomic E-state index is -4.28. The lowest BCUT2D eigenvalue weighted by atomic mass is 9.93. The molecule has 0 aliphatic carbocycles. The summed E-state index contributed by atoms with van der Waals surface area (Å²) in [6.45, 7) is 4.46. The molecule has 0 fully saturated rings. The first-order valence-corrected chi connectivity index (χ1v) is 14.4. The van der Waals surface area contributed by atoms with Gasteiger partial charge in [0.05, 0.1) is 0 Å². The van der Waals surface area contributed by atoms with Gasteiger partial charge in [-0.05, 0) is 42.2 Å². The highest BCUT2D eigenvalue weighted by atomic mass is 32.2. The fourth-order valence-electron chi connectivity index (χ4n) is 4.74. The normalized spacial score (nSPS) is 11.6. The third-order valence-corrected chi connectivity index (χ3v) is 7.52. The van der Waals surface area contributed by atoms with Crippen molar-refractivity contribution in [3.05, 3.63) is 41.5 Å². The van der Waals surface area contributed by atoms with Gasteiger partial charge in [0.25, 0.3) is 10.1 Å². The standard InChI is InChI=1S/C28H44O3S.Mg.2H/c1-3-5-7-9-11-13-15-19-24-23-25-20-17-18-22-27(25)28(32(29,30)31)26(24)21-16-14-12-10-8-6-4-2;;;/h17-18,20,22-23H,3-16,19,21H2,1-2H3,(H,29,30,31);;;. The Kier molecular flexibility index (Phi) is 15.6. The molecule has 1 N–H and O–H groups in total. The summed E-state index contributed by atoms with van der Waals surface area (Å²) in [6, 6.07) is 9.73. The van der Waals surface area contributed by atoms with Crippen molar-refractivity contribution in [2.24, 2.45) is 0 Å². The zero-order valence-electron chi connectivity index (χ0n) is 20.4. The first-order chi connectivity index (χ1) is 15.5. The Labute approximate surface area is 219 Å². The van der Waals surface area contributed by atoms with Gasteiger partial charge in [-0.1, -0.05) is 121 Å². The highest BCUT2D eigenvalue weighted by Gasteiger charge is 2.22. The van der Waals surface area contributed by atoms with E-state index in [1.807, 2.05) is 24.3 Å². The lowest BCUT2D eigenvalue weighted by molar-refractivity contribution is 0.482. The molecule has 0 aliphatic heterocycles. The molecule has 2 aromatic rings. The molecule has 2 aromatic carbocycles. The summed E-state index contributed by atoms with van der Waals surface area (Å²) < 4.78 is 35.1. The average molecular weight is 487 g/mol. The van der Waals surface area contributed by atoms with Crippen LogP contribution >= 0.6 is 0 Å². The van der Waals surface area contributed by atoms with E-state index in [0.717, 1.165) is 48.6 Å². The highest BCUT2D eigenvalue weighted by Crippen LogP contribution is 2.32. The molecule has 33 heavy (non-hydrogen) atoms. The van der Waals surface area contributed by atoms with Crippen LogP contribution in [0.4, 0.5) is 0 Å². The lowest BCUT2D eigenvalue weighted by Gasteiger charge is -2.17. The number of hydrogen-bond donors (Lipinski definition) is 1. The second-order valence-electron chi connectivity index (χ2n) is 9.28. The minimum Gasteiger partial charge on any atom is -0.282 e. The van der Waals surface area contributed by atoms with Gasteiger partial charge in [-0.3, -0.25) is 4.55 Å². The van der Waals surface area contributed by atoms with Crippen LogP contribution in [0.5, 0.6) is 0 Å². The maximum absolute atomic E-state index is 12.5. The maximum Gasteiger partial charge on any atom is 0.316 e. The molecule has 0 saturated carbocycles. The largest absolute Gasteiger partial charge is 0.316 e. The summed E-state index contributed by atoms with van der Waals surface area (Å²) in [5.41, 5.74) is 1.96. The predicted octanol–water partition coefficient (Wildman–Crippen LogP) is 7.76. The molecule has 0 saturated heterocycles. The van der Waals surface area contributed by atoms with Gasteiger partial charge in [0.15, 0.2) is 0 Å². The quantitative estimate of drug-likeness (QED) is 0.141. The van der Waals surface area contributed by atoms with E-state index in [9.17, 15) is 13.0 Å². The summed E-state index contributed by atoms with van der Waals surface area (Å²) in [6.07, 6.45) is 18.6. The molecule has 0 aliphatic rings. The van der Waals surface area contributed by atoms with E-state index in [0.29, 0.717) is 5.39 Å². The first kappa shape index (κ1) is 30.4. The Morgan fingerprint density at radius 3 is 1.73 bits per heavy atom. The van der Waals surface area contributed by atoms with Gasteiger partial charge in [-0.2, -0.15) is 8.42 Å². The van der Waals surface area contributed by atoms with Gasteiger partial charge in [-0.25, -0.2) is 0 Å². The fourth-order valence-corrected chi connectivity index (χ4v) is 5.74. The molecule has 0 unspecified atom stereocenters. The van der Waals surface area contributed by atoms with Crippen LogP contribution in [0.25, 0.3) is 10.8 Å². The van der Waals surface area contributed by atoms with Crippen LogP contribution in [0.1, 0.15) is 115 Å². The van der Waals surface area contributed by atoms with E-state index in [-0.39, 0.29) is 27.9 Å². The zero-order valence-corrected chi connectivity index (χ0v) is 21.2. The zero-order chi connectivity index (χ0) is 23.2. The minimum absolute atomic E-state index is 0. The van der Waals surface area contributed by atoms with Crippen molar-refractivity contribution in [1.29, 1.82) is 0 Å². The van der Waals surface area contributed by atoms with E-state index in [1.54, 1.807) is 0 Å². The van der Waals surface area contributed by atoms with Crippen molar-refractivity contribution >= 4 is 43.9 Å². The molecule has 3 nitrogen and oxygen atoms in total. The Morgan fingerprint density at radius 2 is 1.18 bits per heavy atom. The predicted molar refractivity (Wildman–Crippen MR) is 146 cm³/mol. The summed E-state index contributed by atoms with van der Waals surface area (Å²) >= 11 is 0. The van der Waals surface area contributed by atoms with Crippen molar-refractivity contribution in [1.82, 2.24) is 0 Å². The van der Waals surface area contributed by atoms with Crippen molar-refractivity contribution < 1.29 is 13.0 Å². The van der Waals surface area contributed by atoms with Crippen LogP contribution in [0, 0.1) is 0 Å². The lowest BCUT2D eigenvalue weighted by Crippen LogP contribution is -2.08. The SMILES string of the molecule is CCCCCCCCCc1cc2ccccc2c(S(=O)(=O)O)c1CCCCCCCCC.[MgH2]. The number of hydrogen-bond acceptors (Lipinski definition) is 2. The third kappa shape index (κ3) is 10.7. The number of benzene rings is 2. The molecule has 0 spiro atoms.